The summed E-state index contributed by atoms with van der Waals surface area (Å²) in [5.74, 6) is 0.861. The fourth-order valence-corrected chi connectivity index (χ4v) is 3.03. The first-order valence-electron chi connectivity index (χ1n) is 7.81. The van der Waals surface area contributed by atoms with E-state index in [2.05, 4.69) is 10.3 Å². The molecule has 1 fully saturated rings. The number of hydrogen-bond acceptors (Lipinski definition) is 3. The number of nitrogens with zero attached hydrogens (tertiary/aromatic N) is 2. The van der Waals surface area contributed by atoms with Crippen molar-refractivity contribution in [2.75, 3.05) is 5.73 Å². The van der Waals surface area contributed by atoms with Gasteiger partial charge < -0.3 is 15.6 Å². The summed E-state index contributed by atoms with van der Waals surface area (Å²) in [5.41, 5.74) is 8.32. The van der Waals surface area contributed by atoms with E-state index in [1.807, 2.05) is 42.0 Å². The Kier molecular flexibility index (Phi) is 4.13. The van der Waals surface area contributed by atoms with Crippen molar-refractivity contribution >= 4 is 11.6 Å². The molecular formula is C17H22N4O. The second kappa shape index (κ2) is 6.22. The molecule has 0 radical (unpaired) electrons. The molecule has 0 spiro atoms. The van der Waals surface area contributed by atoms with E-state index in [1.54, 1.807) is 0 Å². The molecule has 0 bridgehead atoms. The van der Waals surface area contributed by atoms with Crippen LogP contribution in [0.1, 0.15) is 31.4 Å². The van der Waals surface area contributed by atoms with Gasteiger partial charge in [0.25, 0.3) is 0 Å². The van der Waals surface area contributed by atoms with Crippen LogP contribution >= 0.6 is 0 Å². The lowest BCUT2D eigenvalue weighted by Gasteiger charge is -2.13. The topological polar surface area (TPSA) is 72.9 Å². The average molecular weight is 298 g/mol. The highest BCUT2D eigenvalue weighted by molar-refractivity contribution is 5.77. The zero-order chi connectivity index (χ0) is 15.5. The van der Waals surface area contributed by atoms with E-state index in [9.17, 15) is 4.79 Å². The molecule has 1 aromatic carbocycles. The number of nitrogens with two attached hydrogens (primary N) is 1. The van der Waals surface area contributed by atoms with Crippen LogP contribution in [0.4, 0.5) is 5.69 Å². The largest absolute Gasteiger partial charge is 0.399 e. The Labute approximate surface area is 130 Å². The second-order valence-electron chi connectivity index (χ2n) is 6.00. The van der Waals surface area contributed by atoms with Gasteiger partial charge in [-0.2, -0.15) is 0 Å². The van der Waals surface area contributed by atoms with Gasteiger partial charge >= 0.3 is 0 Å². The lowest BCUT2D eigenvalue weighted by Crippen LogP contribution is -2.35. The second-order valence-corrected chi connectivity index (χ2v) is 6.00. The van der Waals surface area contributed by atoms with Crippen molar-refractivity contribution in [3.63, 3.8) is 0 Å². The van der Waals surface area contributed by atoms with Crippen LogP contribution in [0.3, 0.4) is 0 Å². The minimum Gasteiger partial charge on any atom is -0.399 e. The summed E-state index contributed by atoms with van der Waals surface area (Å²) < 4.78 is 1.91. The first kappa shape index (κ1) is 14.6. The summed E-state index contributed by atoms with van der Waals surface area (Å²) in [7, 11) is 0. The summed E-state index contributed by atoms with van der Waals surface area (Å²) in [5, 5.41) is 3.12. The standard InChI is InChI=1S/C17H22N4O/c1-12-10-21(11-16(22)20-15-4-2-3-5-15)17(19-12)13-6-8-14(18)9-7-13/h6-10,15H,2-5,11,18H2,1H3,(H,20,22). The maximum absolute atomic E-state index is 12.2. The van der Waals surface area contributed by atoms with Gasteiger partial charge in [-0.15, -0.1) is 0 Å². The number of benzene rings is 1. The highest BCUT2D eigenvalue weighted by Crippen LogP contribution is 2.21. The Hall–Kier alpha value is -2.30. The van der Waals surface area contributed by atoms with Crippen molar-refractivity contribution < 1.29 is 4.79 Å². The summed E-state index contributed by atoms with van der Waals surface area (Å²) >= 11 is 0. The molecule has 116 valence electrons. The van der Waals surface area contributed by atoms with Crippen molar-refractivity contribution in [1.82, 2.24) is 14.9 Å². The van der Waals surface area contributed by atoms with Gasteiger partial charge in [0, 0.05) is 23.5 Å². The highest BCUT2D eigenvalue weighted by Gasteiger charge is 2.18. The number of imidazole rings is 1. The summed E-state index contributed by atoms with van der Waals surface area (Å²) in [6, 6.07) is 7.91. The summed E-state index contributed by atoms with van der Waals surface area (Å²) in [6.07, 6.45) is 6.54. The normalized spacial score (nSPS) is 15.1. The van der Waals surface area contributed by atoms with Crippen molar-refractivity contribution in [3.8, 4) is 11.4 Å². The molecule has 1 aliphatic rings. The third-order valence-corrected chi connectivity index (χ3v) is 4.10. The van der Waals surface area contributed by atoms with Gasteiger partial charge in [0.15, 0.2) is 0 Å². The molecule has 0 unspecified atom stereocenters. The minimum atomic E-state index is 0.0565. The van der Waals surface area contributed by atoms with Gasteiger partial charge in [0.2, 0.25) is 5.91 Å². The predicted molar refractivity (Wildman–Crippen MR) is 87.2 cm³/mol. The Morgan fingerprint density at radius 1 is 1.32 bits per heavy atom. The molecule has 1 aliphatic carbocycles. The first-order chi connectivity index (χ1) is 10.6. The Morgan fingerprint density at radius 3 is 2.68 bits per heavy atom. The number of anilines is 1. The van der Waals surface area contributed by atoms with Gasteiger partial charge in [-0.3, -0.25) is 4.79 Å². The predicted octanol–water partition coefficient (Wildman–Crippen LogP) is 2.50. The Balaban J connectivity index is 1.75. The van der Waals surface area contributed by atoms with Gasteiger partial charge in [-0.1, -0.05) is 12.8 Å². The van der Waals surface area contributed by atoms with Crippen molar-refractivity contribution in [3.05, 3.63) is 36.2 Å². The van der Waals surface area contributed by atoms with Crippen LogP contribution in [0.2, 0.25) is 0 Å². The van der Waals surface area contributed by atoms with E-state index >= 15 is 0 Å². The van der Waals surface area contributed by atoms with Gasteiger partial charge in [0.1, 0.15) is 12.4 Å². The number of aromatic nitrogens is 2. The van der Waals surface area contributed by atoms with Gasteiger partial charge in [0.05, 0.1) is 5.69 Å². The number of rotatable bonds is 4. The van der Waals surface area contributed by atoms with Crippen LogP contribution in [0.25, 0.3) is 11.4 Å². The number of hydrogen-bond donors (Lipinski definition) is 2. The van der Waals surface area contributed by atoms with Gasteiger partial charge in [-0.05, 0) is 44.0 Å². The Bertz CT molecular complexity index is 654. The van der Waals surface area contributed by atoms with Crippen LogP contribution in [-0.2, 0) is 11.3 Å². The molecule has 1 heterocycles. The zero-order valence-electron chi connectivity index (χ0n) is 12.9. The van der Waals surface area contributed by atoms with E-state index in [4.69, 9.17) is 5.73 Å². The molecule has 0 atom stereocenters. The summed E-state index contributed by atoms with van der Waals surface area (Å²) in [4.78, 5) is 16.8. The molecule has 1 saturated carbocycles. The molecule has 1 aromatic heterocycles. The molecule has 22 heavy (non-hydrogen) atoms. The number of nitrogens with one attached hydrogen (secondary N) is 1. The van der Waals surface area contributed by atoms with Crippen LogP contribution in [0.5, 0.6) is 0 Å². The van der Waals surface area contributed by atoms with E-state index in [0.717, 1.165) is 35.6 Å². The fraction of sp³-hybridized carbons (Fsp3) is 0.412. The van der Waals surface area contributed by atoms with Crippen LogP contribution in [0.15, 0.2) is 30.5 Å². The smallest absolute Gasteiger partial charge is 0.240 e. The van der Waals surface area contributed by atoms with Crippen LogP contribution in [0, 0.1) is 6.92 Å². The number of carbonyl (C=O) groups excluding carboxylic acids is 1. The zero-order valence-corrected chi connectivity index (χ0v) is 12.9. The maximum atomic E-state index is 12.2. The highest BCUT2D eigenvalue weighted by atomic mass is 16.2. The first-order valence-corrected chi connectivity index (χ1v) is 7.81. The number of carbonyl (C=O) groups is 1. The van der Waals surface area contributed by atoms with E-state index in [0.29, 0.717) is 12.6 Å². The van der Waals surface area contributed by atoms with Crippen LogP contribution in [-0.4, -0.2) is 21.5 Å². The fourth-order valence-electron chi connectivity index (χ4n) is 3.03. The third kappa shape index (κ3) is 3.30. The SMILES string of the molecule is Cc1cn(CC(=O)NC2CCCC2)c(-c2ccc(N)cc2)n1. The molecule has 3 rings (SSSR count). The van der Waals surface area contributed by atoms with Crippen LogP contribution < -0.4 is 11.1 Å². The van der Waals surface area contributed by atoms with E-state index in [1.165, 1.54) is 12.8 Å². The molecule has 2 aromatic rings. The molecule has 5 nitrogen and oxygen atoms in total. The van der Waals surface area contributed by atoms with Crippen molar-refractivity contribution in [1.29, 1.82) is 0 Å². The molecular weight excluding hydrogens is 276 g/mol. The number of nitrogen functional groups attached to an aromatic ring is 1. The van der Waals surface area contributed by atoms with Crippen molar-refractivity contribution in [2.45, 2.75) is 45.2 Å². The molecule has 3 N–H and O–H groups in total. The lowest BCUT2D eigenvalue weighted by molar-refractivity contribution is -0.122. The molecule has 1 amide bonds. The third-order valence-electron chi connectivity index (χ3n) is 4.10. The average Bonchev–Trinajstić information content (AvgIpc) is 3.10. The maximum Gasteiger partial charge on any atom is 0.240 e. The van der Waals surface area contributed by atoms with E-state index in [-0.39, 0.29) is 5.91 Å². The quantitative estimate of drug-likeness (QED) is 0.852. The Morgan fingerprint density at radius 2 is 2.00 bits per heavy atom. The van der Waals surface area contributed by atoms with Crippen molar-refractivity contribution in [2.24, 2.45) is 0 Å². The van der Waals surface area contributed by atoms with Gasteiger partial charge in [-0.25, -0.2) is 4.98 Å². The minimum absolute atomic E-state index is 0.0565. The lowest BCUT2D eigenvalue weighted by atomic mass is 10.2. The number of aryl methyl sites for hydroxylation is 1. The molecule has 0 saturated heterocycles. The number of amides is 1. The molecule has 0 aliphatic heterocycles. The molecule has 5 heteroatoms. The van der Waals surface area contributed by atoms with E-state index < -0.39 is 0 Å². The monoisotopic (exact) mass is 298 g/mol. The summed E-state index contributed by atoms with van der Waals surface area (Å²) in [6.45, 7) is 2.24.